The van der Waals surface area contributed by atoms with Crippen molar-refractivity contribution in [3.05, 3.63) is 60.8 Å². The van der Waals surface area contributed by atoms with E-state index in [1.54, 1.807) is 0 Å². The van der Waals surface area contributed by atoms with Crippen LogP contribution in [-0.2, 0) is 28.6 Å². The van der Waals surface area contributed by atoms with Crippen molar-refractivity contribution in [1.82, 2.24) is 0 Å². The summed E-state index contributed by atoms with van der Waals surface area (Å²) in [5.41, 5.74) is 0. The average molecular weight is 1130 g/mol. The SMILES string of the molecule is CC/C=C\C/C=C\C/C=C\C/C=C\C/C=C\CCCC(=O)OC(COC(=O)CCCCCCCCCCCCCCCCCCC)COC(=O)CCCCCCCCCCCCCCCCCCCCCCCCCCCCCCC. The van der Waals surface area contributed by atoms with Gasteiger partial charge in [-0.05, 0) is 57.8 Å². The van der Waals surface area contributed by atoms with E-state index in [9.17, 15) is 14.4 Å². The first-order chi connectivity index (χ1) is 40.0. The predicted octanol–water partition coefficient (Wildman–Crippen LogP) is 24.7. The van der Waals surface area contributed by atoms with E-state index >= 15 is 0 Å². The molecule has 0 aliphatic heterocycles. The van der Waals surface area contributed by atoms with E-state index in [4.69, 9.17) is 14.2 Å². The molecular formula is C75H136O6. The number of hydrogen-bond acceptors (Lipinski definition) is 6. The van der Waals surface area contributed by atoms with Crippen molar-refractivity contribution in [3.8, 4) is 0 Å². The Morgan fingerprint density at radius 2 is 0.481 bits per heavy atom. The van der Waals surface area contributed by atoms with E-state index in [-0.39, 0.29) is 37.5 Å². The molecule has 0 saturated carbocycles. The third-order valence-corrected chi connectivity index (χ3v) is 16.0. The van der Waals surface area contributed by atoms with Crippen molar-refractivity contribution in [2.75, 3.05) is 13.2 Å². The molecule has 0 aromatic rings. The normalized spacial score (nSPS) is 12.4. The highest BCUT2D eigenvalue weighted by Gasteiger charge is 2.19. The molecule has 81 heavy (non-hydrogen) atoms. The van der Waals surface area contributed by atoms with Crippen LogP contribution in [0.2, 0.25) is 0 Å². The largest absolute Gasteiger partial charge is 0.462 e. The van der Waals surface area contributed by atoms with Crippen LogP contribution in [0.25, 0.3) is 0 Å². The summed E-state index contributed by atoms with van der Waals surface area (Å²) in [6, 6.07) is 0. The smallest absolute Gasteiger partial charge is 0.306 e. The van der Waals surface area contributed by atoms with Crippen LogP contribution in [0.4, 0.5) is 0 Å². The monoisotopic (exact) mass is 1130 g/mol. The molecule has 6 heteroatoms. The van der Waals surface area contributed by atoms with Gasteiger partial charge in [-0.15, -0.1) is 0 Å². The van der Waals surface area contributed by atoms with Crippen LogP contribution in [0, 0.1) is 0 Å². The summed E-state index contributed by atoms with van der Waals surface area (Å²) in [6.07, 6.45) is 89.9. The summed E-state index contributed by atoms with van der Waals surface area (Å²) in [7, 11) is 0. The molecule has 1 atom stereocenters. The zero-order valence-electron chi connectivity index (χ0n) is 54.3. The molecule has 472 valence electrons. The fraction of sp³-hybridized carbons (Fsp3) is 0.827. The minimum atomic E-state index is -0.803. The van der Waals surface area contributed by atoms with Gasteiger partial charge in [-0.3, -0.25) is 14.4 Å². The molecule has 0 aliphatic carbocycles. The molecule has 0 radical (unpaired) electrons. The Morgan fingerprint density at radius 1 is 0.259 bits per heavy atom. The number of unbranched alkanes of at least 4 members (excludes halogenated alkanes) is 45. The van der Waals surface area contributed by atoms with E-state index in [0.29, 0.717) is 19.3 Å². The Hall–Kier alpha value is -2.89. The fourth-order valence-electron chi connectivity index (χ4n) is 10.7. The predicted molar refractivity (Wildman–Crippen MR) is 353 cm³/mol. The van der Waals surface area contributed by atoms with E-state index in [1.165, 1.54) is 257 Å². The summed E-state index contributed by atoms with van der Waals surface area (Å²) >= 11 is 0. The van der Waals surface area contributed by atoms with Gasteiger partial charge in [-0.25, -0.2) is 0 Å². The van der Waals surface area contributed by atoms with Gasteiger partial charge in [0.15, 0.2) is 6.10 Å². The van der Waals surface area contributed by atoms with Crippen LogP contribution in [0.15, 0.2) is 60.8 Å². The molecule has 0 heterocycles. The van der Waals surface area contributed by atoms with Gasteiger partial charge in [0, 0.05) is 19.3 Å². The van der Waals surface area contributed by atoms with E-state index in [0.717, 1.165) is 77.0 Å². The highest BCUT2D eigenvalue weighted by molar-refractivity contribution is 5.71. The maximum absolute atomic E-state index is 12.9. The van der Waals surface area contributed by atoms with Crippen molar-refractivity contribution in [2.45, 2.75) is 386 Å². The van der Waals surface area contributed by atoms with Crippen molar-refractivity contribution in [1.29, 1.82) is 0 Å². The first-order valence-corrected chi connectivity index (χ1v) is 35.8. The summed E-state index contributed by atoms with van der Waals surface area (Å²) < 4.78 is 16.9. The number of allylic oxidation sites excluding steroid dienone is 10. The summed E-state index contributed by atoms with van der Waals surface area (Å²) in [5.74, 6) is -0.925. The summed E-state index contributed by atoms with van der Waals surface area (Å²) in [5, 5.41) is 0. The van der Waals surface area contributed by atoms with Crippen molar-refractivity contribution >= 4 is 17.9 Å². The van der Waals surface area contributed by atoms with Crippen molar-refractivity contribution < 1.29 is 28.6 Å². The molecule has 0 aliphatic rings. The average Bonchev–Trinajstić information content (AvgIpc) is 3.47. The molecular weight excluding hydrogens is 997 g/mol. The highest BCUT2D eigenvalue weighted by atomic mass is 16.6. The van der Waals surface area contributed by atoms with Gasteiger partial charge in [0.25, 0.3) is 0 Å². The van der Waals surface area contributed by atoms with Crippen LogP contribution in [-0.4, -0.2) is 37.2 Å². The van der Waals surface area contributed by atoms with E-state index in [2.05, 4.69) is 81.5 Å². The molecule has 0 rings (SSSR count). The van der Waals surface area contributed by atoms with Crippen LogP contribution in [0.5, 0.6) is 0 Å². The third-order valence-electron chi connectivity index (χ3n) is 16.0. The fourth-order valence-corrected chi connectivity index (χ4v) is 10.7. The Bertz CT molecular complexity index is 1440. The molecule has 0 aromatic carbocycles. The Labute approximate surface area is 504 Å². The number of carbonyl (C=O) groups excluding carboxylic acids is 3. The molecule has 0 aromatic heterocycles. The van der Waals surface area contributed by atoms with Crippen molar-refractivity contribution in [3.63, 3.8) is 0 Å². The van der Waals surface area contributed by atoms with Gasteiger partial charge in [-0.2, -0.15) is 0 Å². The lowest BCUT2D eigenvalue weighted by atomic mass is 10.0. The Balaban J connectivity index is 4.26. The van der Waals surface area contributed by atoms with Gasteiger partial charge >= 0.3 is 17.9 Å². The molecule has 0 fully saturated rings. The van der Waals surface area contributed by atoms with E-state index < -0.39 is 6.10 Å². The number of rotatable bonds is 66. The van der Waals surface area contributed by atoms with E-state index in [1.807, 2.05) is 0 Å². The Kier molecular flexibility index (Phi) is 67.1. The van der Waals surface area contributed by atoms with Crippen LogP contribution in [0.3, 0.4) is 0 Å². The van der Waals surface area contributed by atoms with Gasteiger partial charge in [-0.1, -0.05) is 364 Å². The topological polar surface area (TPSA) is 78.9 Å². The Morgan fingerprint density at radius 3 is 0.741 bits per heavy atom. The van der Waals surface area contributed by atoms with Crippen LogP contribution >= 0.6 is 0 Å². The third kappa shape index (κ3) is 67.8. The summed E-state index contributed by atoms with van der Waals surface area (Å²) in [4.78, 5) is 38.4. The summed E-state index contributed by atoms with van der Waals surface area (Å²) in [6.45, 7) is 6.55. The minimum Gasteiger partial charge on any atom is -0.462 e. The molecule has 6 nitrogen and oxygen atoms in total. The quantitative estimate of drug-likeness (QED) is 0.0261. The molecule has 0 amide bonds. The molecule has 1 unspecified atom stereocenters. The second kappa shape index (κ2) is 69.6. The van der Waals surface area contributed by atoms with Crippen LogP contribution < -0.4 is 0 Å². The molecule has 0 N–H and O–H groups in total. The second-order valence-corrected chi connectivity index (χ2v) is 24.1. The van der Waals surface area contributed by atoms with Gasteiger partial charge in [0.2, 0.25) is 0 Å². The number of carbonyl (C=O) groups is 3. The number of esters is 3. The van der Waals surface area contributed by atoms with Gasteiger partial charge < -0.3 is 14.2 Å². The van der Waals surface area contributed by atoms with Gasteiger partial charge in [0.05, 0.1) is 0 Å². The maximum Gasteiger partial charge on any atom is 0.306 e. The lowest BCUT2D eigenvalue weighted by Gasteiger charge is -2.18. The number of ether oxygens (including phenoxy) is 3. The van der Waals surface area contributed by atoms with Crippen LogP contribution in [0.1, 0.15) is 380 Å². The lowest BCUT2D eigenvalue weighted by Crippen LogP contribution is -2.30. The molecule has 0 bridgehead atoms. The highest BCUT2D eigenvalue weighted by Crippen LogP contribution is 2.19. The number of hydrogen-bond donors (Lipinski definition) is 0. The zero-order chi connectivity index (χ0) is 58.5. The second-order valence-electron chi connectivity index (χ2n) is 24.1. The lowest BCUT2D eigenvalue weighted by molar-refractivity contribution is -0.167. The molecule has 0 saturated heterocycles. The minimum absolute atomic E-state index is 0.0920. The maximum atomic E-state index is 12.9. The van der Waals surface area contributed by atoms with Gasteiger partial charge in [0.1, 0.15) is 13.2 Å². The first-order valence-electron chi connectivity index (χ1n) is 35.8. The molecule has 0 spiro atoms. The first kappa shape index (κ1) is 78.1. The standard InChI is InChI=1S/C75H136O6/c1-4-7-10-13-16-19-22-25-28-31-32-33-34-35-36-37-38-39-40-41-42-45-47-50-53-56-59-62-65-68-74(77)80-71-72(81-75(78)69-66-63-60-57-54-51-48-44-30-27-24-21-18-15-12-9-6-3)70-79-73(76)67-64-61-58-55-52-49-46-43-29-26-23-20-17-14-11-8-5-2/h9,12,18,21,27,30,48,51,57,60,72H,4-8,10-11,13-17,19-20,22-26,28-29,31-47,49-50,52-56,58-59,61-71H2,1-3H3/b12-9-,21-18-,30-27-,51-48-,60-57-. The zero-order valence-corrected chi connectivity index (χ0v) is 54.3. The van der Waals surface area contributed by atoms with Crippen molar-refractivity contribution in [2.24, 2.45) is 0 Å².